The number of amides is 9. The molecule has 0 bridgehead atoms. The van der Waals surface area contributed by atoms with Crippen molar-refractivity contribution in [3.05, 3.63) is 249 Å². The second-order valence-corrected chi connectivity index (χ2v) is 24.0. The molecule has 12 rings (SSSR count). The van der Waals surface area contributed by atoms with Crippen molar-refractivity contribution in [3.8, 4) is 67.2 Å². The summed E-state index contributed by atoms with van der Waals surface area (Å²) in [6.45, 7) is 7.64. The molecule has 0 atom stereocenters. The van der Waals surface area contributed by atoms with E-state index in [0.29, 0.717) is 118 Å². The van der Waals surface area contributed by atoms with Gasteiger partial charge in [0, 0.05) is 133 Å². The SMILES string of the molecule is CCn1cc(-c2ccc(Cl)c(NC(=O)Nc3ccc(Cl)cc3)c2)c(-c2ccnc(C(N)=O)c2)n1.CCn1cc(-c2cccc(NC(=O)Nc3ccc(Cl)cc3)c2Cl)c(-c2ccnc(C(N)=O)c2)n1.CCn1cc(-c2cccc(NC(=O)Nc3ccc(Cl)cc3)c2F)c(-c2ccnc(C(N)=O)c2)n1. The molecule has 12 N–H and O–H groups in total. The smallest absolute Gasteiger partial charge is 0.323 e. The Morgan fingerprint density at radius 2 is 0.735 bits per heavy atom. The highest BCUT2D eigenvalue weighted by atomic mass is 35.5. The summed E-state index contributed by atoms with van der Waals surface area (Å²) in [6.07, 6.45) is 9.92. The maximum atomic E-state index is 15.5. The lowest BCUT2D eigenvalue weighted by atomic mass is 10.0. The number of aromatic nitrogens is 9. The molecule has 0 fully saturated rings. The molecule has 0 radical (unpaired) electrons. The molecule has 0 saturated heterocycles. The van der Waals surface area contributed by atoms with Gasteiger partial charge in [0.1, 0.15) is 34.2 Å². The van der Waals surface area contributed by atoms with Gasteiger partial charge in [-0.25, -0.2) is 18.8 Å². The molecule has 30 heteroatoms. The Labute approximate surface area is 607 Å². The van der Waals surface area contributed by atoms with Crippen molar-refractivity contribution < 1.29 is 33.2 Å². The summed E-state index contributed by atoms with van der Waals surface area (Å²) >= 11 is 30.7. The van der Waals surface area contributed by atoms with Gasteiger partial charge < -0.3 is 49.1 Å². The van der Waals surface area contributed by atoms with Gasteiger partial charge in [0.2, 0.25) is 0 Å². The lowest BCUT2D eigenvalue weighted by molar-refractivity contribution is 0.0987. The number of hydrogen-bond acceptors (Lipinski definition) is 12. The number of pyridine rings is 3. The molecule has 9 amide bonds. The van der Waals surface area contributed by atoms with Crippen LogP contribution in [0, 0.1) is 5.82 Å². The van der Waals surface area contributed by atoms with Crippen LogP contribution in [0.3, 0.4) is 0 Å². The predicted octanol–water partition coefficient (Wildman–Crippen LogP) is 16.5. The third kappa shape index (κ3) is 18.3. The summed E-state index contributed by atoms with van der Waals surface area (Å²) in [7, 11) is 0. The zero-order valence-electron chi connectivity index (χ0n) is 54.1. The van der Waals surface area contributed by atoms with E-state index in [1.54, 1.807) is 160 Å². The number of aryl methyl sites for hydroxylation is 3. The van der Waals surface area contributed by atoms with Gasteiger partial charge in [0.05, 0.1) is 27.1 Å². The number of nitrogens with two attached hydrogens (primary N) is 3. The van der Waals surface area contributed by atoms with Gasteiger partial charge in [0.15, 0.2) is 5.82 Å². The first-order valence-corrected chi connectivity index (χ1v) is 32.8. The lowest BCUT2D eigenvalue weighted by Crippen LogP contribution is -2.20. The molecule has 0 saturated carbocycles. The van der Waals surface area contributed by atoms with Crippen molar-refractivity contribution in [2.45, 2.75) is 40.4 Å². The molecule has 0 aliphatic heterocycles. The van der Waals surface area contributed by atoms with Crippen molar-refractivity contribution >= 4 is 128 Å². The fourth-order valence-electron chi connectivity index (χ4n) is 10.0. The van der Waals surface area contributed by atoms with Gasteiger partial charge in [-0.3, -0.25) is 43.4 Å². The Balaban J connectivity index is 0.000000165. The van der Waals surface area contributed by atoms with Crippen molar-refractivity contribution in [1.82, 2.24) is 44.3 Å². The third-order valence-corrected chi connectivity index (χ3v) is 16.5. The van der Waals surface area contributed by atoms with E-state index < -0.39 is 41.6 Å². The quantitative estimate of drug-likeness (QED) is 0.0387. The van der Waals surface area contributed by atoms with Crippen LogP contribution in [0.25, 0.3) is 67.2 Å². The summed E-state index contributed by atoms with van der Waals surface area (Å²) in [4.78, 5) is 84.2. The molecular weight excluding hydrogens is 1410 g/mol. The van der Waals surface area contributed by atoms with Crippen LogP contribution in [-0.4, -0.2) is 80.1 Å². The predicted molar refractivity (Wildman–Crippen MR) is 398 cm³/mol. The molecule has 0 aliphatic rings. The van der Waals surface area contributed by atoms with E-state index >= 15 is 4.39 Å². The number of urea groups is 3. The zero-order chi connectivity index (χ0) is 72.7. The van der Waals surface area contributed by atoms with Crippen LogP contribution in [0.5, 0.6) is 0 Å². The van der Waals surface area contributed by atoms with E-state index in [0.717, 1.165) is 16.7 Å². The van der Waals surface area contributed by atoms with E-state index in [9.17, 15) is 28.8 Å². The van der Waals surface area contributed by atoms with Gasteiger partial charge in [-0.2, -0.15) is 15.3 Å². The molecule has 0 unspecified atom stereocenters. The number of halogens is 6. The van der Waals surface area contributed by atoms with Gasteiger partial charge in [-0.1, -0.05) is 88.3 Å². The number of carbonyl (C=O) groups excluding carboxylic acids is 6. The van der Waals surface area contributed by atoms with E-state index in [2.05, 4.69) is 62.1 Å². The summed E-state index contributed by atoms with van der Waals surface area (Å²) in [5, 5.41) is 32.4. The molecule has 6 aromatic carbocycles. The molecule has 0 aliphatic carbocycles. The van der Waals surface area contributed by atoms with Gasteiger partial charge in [-0.15, -0.1) is 0 Å². The second-order valence-electron chi connectivity index (χ2n) is 21.9. The highest BCUT2D eigenvalue weighted by molar-refractivity contribution is 6.37. The van der Waals surface area contributed by atoms with Crippen molar-refractivity contribution in [2.24, 2.45) is 17.2 Å². The highest BCUT2D eigenvalue weighted by Crippen LogP contribution is 2.41. The van der Waals surface area contributed by atoms with Crippen LogP contribution < -0.4 is 49.1 Å². The lowest BCUT2D eigenvalue weighted by Gasteiger charge is -2.12. The number of hydrogen-bond donors (Lipinski definition) is 9. The summed E-state index contributed by atoms with van der Waals surface area (Å²) in [5.41, 5.74) is 26.3. The van der Waals surface area contributed by atoms with Crippen LogP contribution >= 0.6 is 58.0 Å². The van der Waals surface area contributed by atoms with Gasteiger partial charge in [-0.05, 0) is 160 Å². The van der Waals surface area contributed by atoms with Crippen LogP contribution in [0.4, 0.5) is 52.9 Å². The monoisotopic (exact) mass is 1470 g/mol. The number of rotatable bonds is 18. The molecule has 12 aromatic rings. The number of primary amides is 3. The van der Waals surface area contributed by atoms with Crippen LogP contribution in [0.1, 0.15) is 52.2 Å². The fourth-order valence-corrected chi connectivity index (χ4v) is 10.9. The minimum Gasteiger partial charge on any atom is -0.364 e. The Bertz CT molecular complexity index is 4820. The van der Waals surface area contributed by atoms with Gasteiger partial charge in [0.25, 0.3) is 17.7 Å². The molecule has 102 heavy (non-hydrogen) atoms. The molecule has 6 aromatic heterocycles. The maximum Gasteiger partial charge on any atom is 0.323 e. The first-order chi connectivity index (χ1) is 49.0. The van der Waals surface area contributed by atoms with Gasteiger partial charge >= 0.3 is 18.1 Å². The molecule has 0 spiro atoms. The number of nitrogens with zero attached hydrogens (tertiary/aromatic N) is 9. The van der Waals surface area contributed by atoms with Crippen LogP contribution in [0.15, 0.2) is 201 Å². The van der Waals surface area contributed by atoms with Crippen molar-refractivity contribution in [2.75, 3.05) is 31.9 Å². The number of anilines is 6. The highest BCUT2D eigenvalue weighted by Gasteiger charge is 2.23. The van der Waals surface area contributed by atoms with E-state index in [1.807, 2.05) is 45.3 Å². The van der Waals surface area contributed by atoms with Crippen LogP contribution in [0.2, 0.25) is 25.1 Å². The summed E-state index contributed by atoms with van der Waals surface area (Å²) in [6, 6.07) is 43.7. The summed E-state index contributed by atoms with van der Waals surface area (Å²) in [5.74, 6) is -2.56. The maximum absolute atomic E-state index is 15.5. The molecule has 6 heterocycles. The van der Waals surface area contributed by atoms with E-state index in [1.165, 1.54) is 30.7 Å². The Morgan fingerprint density at radius 3 is 1.14 bits per heavy atom. The van der Waals surface area contributed by atoms with Crippen molar-refractivity contribution in [3.63, 3.8) is 0 Å². The standard InChI is InChI=1S/2C24H20Cl2N6O2.C24H20ClFN6O2/c1-2-32-13-18(22(31-32)15-9-10-28-21(12-15)23(27)33)14-3-8-19(26)20(11-14)30-24(34)29-17-6-4-16(25)5-7-17;2*1-2-32-13-18(22(31-32)14-10-11-28-20(12-14)23(27)33)17-4-3-5-19(21(17)26)30-24(34)29-16-8-6-15(25)7-9-16/h3*3-13H,2H2,1H3,(H2,27,33)(H2,29,30,34). The Hall–Kier alpha value is -12.0. The topological polar surface area (TPSA) is 345 Å². The average molecular weight is 1470 g/mol. The Kier molecular flexibility index (Phi) is 23.7. The second kappa shape index (κ2) is 33.2. The fraction of sp³-hybridized carbons (Fsp3) is 0.0833. The Morgan fingerprint density at radius 1 is 0.382 bits per heavy atom. The number of benzene rings is 6. The minimum atomic E-state index is -0.678. The normalized spacial score (nSPS) is 10.7. The van der Waals surface area contributed by atoms with E-state index in [-0.39, 0.29) is 28.3 Å². The number of carbonyl (C=O) groups is 6. The largest absolute Gasteiger partial charge is 0.364 e. The molecule has 24 nitrogen and oxygen atoms in total. The molecular formula is C72H60Cl5FN18O6. The van der Waals surface area contributed by atoms with Crippen LogP contribution in [-0.2, 0) is 19.6 Å². The summed E-state index contributed by atoms with van der Waals surface area (Å²) < 4.78 is 20.7. The molecule has 516 valence electrons. The van der Waals surface area contributed by atoms with E-state index in [4.69, 9.17) is 75.2 Å². The zero-order valence-corrected chi connectivity index (χ0v) is 57.9. The first-order valence-electron chi connectivity index (χ1n) is 30.9. The number of nitrogens with one attached hydrogen (secondary N) is 6. The minimum absolute atomic E-state index is 0.00767. The van der Waals surface area contributed by atoms with Crippen molar-refractivity contribution in [1.29, 1.82) is 0 Å². The average Bonchev–Trinajstić information content (AvgIpc) is 1.61. The third-order valence-electron chi connectivity index (χ3n) is 15.0. The first kappa shape index (κ1) is 72.7.